The molecule has 2 aromatic heterocycles. The third kappa shape index (κ3) is 3.29. The first kappa shape index (κ1) is 18.2. The van der Waals surface area contributed by atoms with E-state index in [1.54, 1.807) is 10.9 Å². The maximum absolute atomic E-state index is 13.3. The minimum absolute atomic E-state index is 0.00370. The number of carbonyl (C=O) groups excluding carboxylic acids is 1. The first-order chi connectivity index (χ1) is 14.2. The van der Waals surface area contributed by atoms with Crippen LogP contribution < -0.4 is 0 Å². The van der Waals surface area contributed by atoms with Crippen LogP contribution in [0.5, 0.6) is 0 Å². The number of amides is 1. The van der Waals surface area contributed by atoms with Crippen molar-refractivity contribution < 1.29 is 4.79 Å². The maximum atomic E-state index is 13.3. The Balaban J connectivity index is 1.42. The molecule has 4 heterocycles. The van der Waals surface area contributed by atoms with Crippen molar-refractivity contribution in [2.24, 2.45) is 0 Å². The summed E-state index contributed by atoms with van der Waals surface area (Å²) in [6.07, 6.45) is 6.56. The van der Waals surface area contributed by atoms with Gasteiger partial charge in [-0.15, -0.1) is 5.10 Å². The number of fused-ring (bicyclic) bond motifs is 1. The summed E-state index contributed by atoms with van der Waals surface area (Å²) in [7, 11) is 0. The van der Waals surface area contributed by atoms with Crippen LogP contribution in [0.25, 0.3) is 16.6 Å². The van der Waals surface area contributed by atoms with Crippen molar-refractivity contribution in [1.82, 2.24) is 29.8 Å². The van der Waals surface area contributed by atoms with Gasteiger partial charge in [-0.05, 0) is 70.0 Å². The van der Waals surface area contributed by atoms with Crippen molar-refractivity contribution in [3.8, 4) is 5.69 Å². The summed E-state index contributed by atoms with van der Waals surface area (Å²) in [5.74, 6) is -0.00370. The van der Waals surface area contributed by atoms with Gasteiger partial charge in [0.2, 0.25) is 0 Å². The number of hydrogen-bond donors (Lipinski definition) is 0. The Morgan fingerprint density at radius 3 is 2.79 bits per heavy atom. The molecule has 0 radical (unpaired) electrons. The van der Waals surface area contributed by atoms with E-state index < -0.39 is 0 Å². The molecule has 2 aliphatic heterocycles. The highest BCUT2D eigenvalue weighted by atomic mass is 16.2. The fourth-order valence-electron chi connectivity index (χ4n) is 4.72. The van der Waals surface area contributed by atoms with Gasteiger partial charge in [-0.2, -0.15) is 0 Å². The maximum Gasteiger partial charge on any atom is 0.276 e. The van der Waals surface area contributed by atoms with E-state index in [0.717, 1.165) is 54.9 Å². The molecule has 2 saturated heterocycles. The van der Waals surface area contributed by atoms with Crippen LogP contribution in [-0.4, -0.2) is 67.9 Å². The number of benzene rings is 1. The topological polar surface area (TPSA) is 67.2 Å². The van der Waals surface area contributed by atoms with Crippen LogP contribution >= 0.6 is 0 Å². The van der Waals surface area contributed by atoms with E-state index in [-0.39, 0.29) is 5.91 Å². The van der Waals surface area contributed by atoms with Crippen LogP contribution in [0.1, 0.15) is 41.9 Å². The van der Waals surface area contributed by atoms with Crippen LogP contribution in [0.4, 0.5) is 0 Å². The van der Waals surface area contributed by atoms with Crippen LogP contribution in [0.3, 0.4) is 0 Å². The second-order valence-electron chi connectivity index (χ2n) is 8.07. The van der Waals surface area contributed by atoms with Gasteiger partial charge < -0.3 is 4.90 Å². The fourth-order valence-corrected chi connectivity index (χ4v) is 4.72. The molecule has 0 aliphatic carbocycles. The minimum Gasteiger partial charge on any atom is -0.336 e. The molecule has 150 valence electrons. The van der Waals surface area contributed by atoms with Crippen LogP contribution in [-0.2, 0) is 0 Å². The van der Waals surface area contributed by atoms with E-state index in [0.29, 0.717) is 11.7 Å². The number of piperidine rings is 1. The smallest absolute Gasteiger partial charge is 0.276 e. The molecule has 0 unspecified atom stereocenters. The Hall–Kier alpha value is -2.80. The number of hydrogen-bond acceptors (Lipinski definition) is 5. The predicted octanol–water partition coefficient (Wildman–Crippen LogP) is 2.82. The third-order valence-corrected chi connectivity index (χ3v) is 6.29. The largest absolute Gasteiger partial charge is 0.336 e. The first-order valence-corrected chi connectivity index (χ1v) is 10.5. The van der Waals surface area contributed by atoms with E-state index in [9.17, 15) is 4.79 Å². The number of nitrogens with zero attached hydrogens (tertiary/aromatic N) is 6. The zero-order chi connectivity index (χ0) is 19.8. The summed E-state index contributed by atoms with van der Waals surface area (Å²) >= 11 is 0. The van der Waals surface area contributed by atoms with Crippen LogP contribution in [0, 0.1) is 6.92 Å². The quantitative estimate of drug-likeness (QED) is 0.688. The molecule has 2 aliphatic rings. The minimum atomic E-state index is -0.00370. The molecule has 3 aromatic rings. The Kier molecular flexibility index (Phi) is 4.75. The molecule has 0 saturated carbocycles. The van der Waals surface area contributed by atoms with E-state index >= 15 is 0 Å². The lowest BCUT2D eigenvalue weighted by Gasteiger charge is -2.37. The summed E-state index contributed by atoms with van der Waals surface area (Å²) in [6, 6.07) is 10.3. The average Bonchev–Trinajstić information content (AvgIpc) is 3.43. The molecule has 7 heteroatoms. The van der Waals surface area contributed by atoms with Crippen molar-refractivity contribution in [1.29, 1.82) is 0 Å². The molecular formula is C22H26N6O. The Bertz CT molecular complexity index is 1030. The van der Waals surface area contributed by atoms with Gasteiger partial charge in [-0.3, -0.25) is 14.7 Å². The zero-order valence-corrected chi connectivity index (χ0v) is 16.8. The van der Waals surface area contributed by atoms with E-state index in [4.69, 9.17) is 0 Å². The van der Waals surface area contributed by atoms with E-state index in [1.165, 1.54) is 19.3 Å². The lowest BCUT2D eigenvalue weighted by Crippen LogP contribution is -2.49. The lowest BCUT2D eigenvalue weighted by atomic mass is 10.0. The number of rotatable bonds is 3. The van der Waals surface area contributed by atoms with Gasteiger partial charge in [0.15, 0.2) is 5.69 Å². The van der Waals surface area contributed by atoms with Crippen molar-refractivity contribution in [2.45, 2.75) is 38.6 Å². The Morgan fingerprint density at radius 2 is 1.93 bits per heavy atom. The summed E-state index contributed by atoms with van der Waals surface area (Å²) < 4.78 is 1.76. The number of carbonyl (C=O) groups is 1. The molecule has 1 aromatic carbocycles. The highest BCUT2D eigenvalue weighted by Crippen LogP contribution is 2.24. The molecule has 1 amide bonds. The number of aromatic nitrogens is 4. The monoisotopic (exact) mass is 390 g/mol. The molecular weight excluding hydrogens is 364 g/mol. The summed E-state index contributed by atoms with van der Waals surface area (Å²) in [5.41, 5.74) is 3.02. The number of likely N-dealkylation sites (tertiary alicyclic amines) is 2. The highest BCUT2D eigenvalue weighted by Gasteiger charge is 2.31. The molecule has 7 nitrogen and oxygen atoms in total. The Labute approximate surface area is 170 Å². The molecule has 0 bridgehead atoms. The molecule has 29 heavy (non-hydrogen) atoms. The van der Waals surface area contributed by atoms with Gasteiger partial charge in [0, 0.05) is 30.7 Å². The van der Waals surface area contributed by atoms with Crippen molar-refractivity contribution in [3.63, 3.8) is 0 Å². The standard InChI is InChI=1S/C22H26N6O/c1-16-21(22(29)27-14-6-7-17(15-27)26-12-2-3-13-26)24-25-28(16)20-10-4-9-19-18(20)8-5-11-23-19/h4-5,8-11,17H,2-3,6-7,12-15H2,1H3/t17-/m0/s1. The second kappa shape index (κ2) is 7.55. The van der Waals surface area contributed by atoms with Gasteiger partial charge in [-0.25, -0.2) is 4.68 Å². The van der Waals surface area contributed by atoms with Crippen molar-refractivity contribution in [2.75, 3.05) is 26.2 Å². The van der Waals surface area contributed by atoms with Crippen molar-refractivity contribution in [3.05, 3.63) is 47.9 Å². The number of pyridine rings is 1. The average molecular weight is 390 g/mol. The van der Waals surface area contributed by atoms with Crippen molar-refractivity contribution >= 4 is 16.8 Å². The molecule has 2 fully saturated rings. The lowest BCUT2D eigenvalue weighted by molar-refractivity contribution is 0.0601. The highest BCUT2D eigenvalue weighted by molar-refractivity contribution is 5.94. The summed E-state index contributed by atoms with van der Waals surface area (Å²) in [6.45, 7) is 5.84. The SMILES string of the molecule is Cc1c(C(=O)N2CCC[C@H](N3CCCC3)C2)nnn1-c1cccc2ncccc12. The van der Waals surface area contributed by atoms with Gasteiger partial charge in [-0.1, -0.05) is 11.3 Å². The first-order valence-electron chi connectivity index (χ1n) is 10.5. The molecule has 0 N–H and O–H groups in total. The normalized spacial score (nSPS) is 20.4. The molecule has 0 spiro atoms. The van der Waals surface area contributed by atoms with E-state index in [2.05, 4.69) is 20.2 Å². The van der Waals surface area contributed by atoms with Gasteiger partial charge in [0.05, 0.1) is 16.9 Å². The fraction of sp³-hybridized carbons (Fsp3) is 0.455. The zero-order valence-electron chi connectivity index (χ0n) is 16.8. The molecule has 1 atom stereocenters. The summed E-state index contributed by atoms with van der Waals surface area (Å²) in [4.78, 5) is 22.2. The Morgan fingerprint density at radius 1 is 1.07 bits per heavy atom. The van der Waals surface area contributed by atoms with Gasteiger partial charge >= 0.3 is 0 Å². The van der Waals surface area contributed by atoms with E-state index in [1.807, 2.05) is 42.2 Å². The third-order valence-electron chi connectivity index (χ3n) is 6.29. The van der Waals surface area contributed by atoms with Crippen LogP contribution in [0.15, 0.2) is 36.5 Å². The van der Waals surface area contributed by atoms with Crippen LogP contribution in [0.2, 0.25) is 0 Å². The molecule has 5 rings (SSSR count). The second-order valence-corrected chi connectivity index (χ2v) is 8.07. The van der Waals surface area contributed by atoms with Gasteiger partial charge in [0.25, 0.3) is 5.91 Å². The predicted molar refractivity (Wildman–Crippen MR) is 111 cm³/mol. The van der Waals surface area contributed by atoms with Gasteiger partial charge in [0.1, 0.15) is 0 Å². The summed E-state index contributed by atoms with van der Waals surface area (Å²) in [5, 5.41) is 9.61.